The molecule has 2 aromatic heterocycles. The van der Waals surface area contributed by atoms with Gasteiger partial charge in [0.15, 0.2) is 0 Å². The number of benzene rings is 1. The van der Waals surface area contributed by atoms with E-state index in [1.807, 2.05) is 11.3 Å². The Labute approximate surface area is 162 Å². The van der Waals surface area contributed by atoms with E-state index in [4.69, 9.17) is 0 Å². The van der Waals surface area contributed by atoms with Gasteiger partial charge in [0.2, 0.25) is 0 Å². The van der Waals surface area contributed by atoms with E-state index in [1.54, 1.807) is 0 Å². The average Bonchev–Trinajstić information content (AvgIpc) is 3.17. The molecule has 1 aliphatic carbocycles. The maximum absolute atomic E-state index is 3.80. The molecule has 0 aliphatic heterocycles. The Balaban J connectivity index is 1.55. The molecule has 0 amide bonds. The second kappa shape index (κ2) is 6.57. The molecule has 1 atom stereocenters. The predicted octanol–water partition coefficient (Wildman–Crippen LogP) is 6.46. The lowest BCUT2D eigenvalue weighted by atomic mass is 9.91. The summed E-state index contributed by atoms with van der Waals surface area (Å²) in [4.78, 5) is 6.57. The minimum atomic E-state index is 0.242. The number of hydrogen-bond acceptors (Lipinski definition) is 2. The molecule has 132 valence electrons. The van der Waals surface area contributed by atoms with E-state index < -0.39 is 0 Å². The van der Waals surface area contributed by atoms with Gasteiger partial charge in [-0.1, -0.05) is 36.7 Å². The Morgan fingerprint density at radius 2 is 2.08 bits per heavy atom. The van der Waals surface area contributed by atoms with Crippen molar-refractivity contribution in [3.05, 3.63) is 55.8 Å². The van der Waals surface area contributed by atoms with Crippen LogP contribution in [-0.2, 0) is 18.4 Å². The van der Waals surface area contributed by atoms with Gasteiger partial charge in [-0.2, -0.15) is 0 Å². The summed E-state index contributed by atoms with van der Waals surface area (Å²) in [5, 5.41) is 5.18. The fourth-order valence-corrected chi connectivity index (χ4v) is 5.12. The lowest BCUT2D eigenvalue weighted by Crippen LogP contribution is -2.24. The van der Waals surface area contributed by atoms with E-state index >= 15 is 0 Å². The number of nitrogens with one attached hydrogen (secondary N) is 2. The van der Waals surface area contributed by atoms with Crippen molar-refractivity contribution in [1.82, 2.24) is 10.3 Å². The highest BCUT2D eigenvalue weighted by atomic mass is 79.9. The molecule has 0 radical (unpaired) electrons. The van der Waals surface area contributed by atoms with Crippen LogP contribution in [0.25, 0.3) is 10.9 Å². The van der Waals surface area contributed by atoms with Crippen LogP contribution in [0.4, 0.5) is 0 Å². The molecule has 4 rings (SSSR count). The first-order valence-corrected chi connectivity index (χ1v) is 10.7. The third kappa shape index (κ3) is 3.44. The topological polar surface area (TPSA) is 27.8 Å². The number of hydrogen-bond donors (Lipinski definition) is 2. The summed E-state index contributed by atoms with van der Waals surface area (Å²) >= 11 is 5.55. The molecule has 2 heterocycles. The maximum atomic E-state index is 3.80. The van der Waals surface area contributed by atoms with Gasteiger partial charge >= 0.3 is 0 Å². The Hall–Kier alpha value is -1.10. The summed E-state index contributed by atoms with van der Waals surface area (Å²) in [6.07, 6.45) is 3.64. The zero-order chi connectivity index (χ0) is 17.6. The largest absolute Gasteiger partial charge is 0.357 e. The molecule has 4 heteroatoms. The average molecular weight is 417 g/mol. The van der Waals surface area contributed by atoms with Gasteiger partial charge in [0.05, 0.1) is 0 Å². The molecule has 0 unspecified atom stereocenters. The van der Waals surface area contributed by atoms with Crippen molar-refractivity contribution < 1.29 is 0 Å². The van der Waals surface area contributed by atoms with Crippen LogP contribution in [-0.4, -0.2) is 4.98 Å². The third-order valence-electron chi connectivity index (χ3n) is 5.09. The van der Waals surface area contributed by atoms with Crippen molar-refractivity contribution in [1.29, 1.82) is 0 Å². The highest BCUT2D eigenvalue weighted by Gasteiger charge is 2.24. The molecule has 2 N–H and O–H groups in total. The lowest BCUT2D eigenvalue weighted by Gasteiger charge is -2.23. The quantitative estimate of drug-likeness (QED) is 0.503. The predicted molar refractivity (Wildman–Crippen MR) is 112 cm³/mol. The van der Waals surface area contributed by atoms with Gasteiger partial charge in [-0.3, -0.25) is 0 Å². The normalized spacial score (nSPS) is 17.8. The molecule has 2 nitrogen and oxygen atoms in total. The lowest BCUT2D eigenvalue weighted by molar-refractivity contribution is 0.454. The highest BCUT2D eigenvalue weighted by molar-refractivity contribution is 9.10. The van der Waals surface area contributed by atoms with Crippen LogP contribution < -0.4 is 5.32 Å². The SMILES string of the molecule is CC(C)(C)c1ccc(CN[C@@H]2CCCc3c2[nH]c2ccc(Br)cc32)s1. The monoisotopic (exact) mass is 416 g/mol. The van der Waals surface area contributed by atoms with Gasteiger partial charge in [-0.05, 0) is 60.6 Å². The molecule has 1 aromatic carbocycles. The van der Waals surface area contributed by atoms with E-state index in [-0.39, 0.29) is 5.41 Å². The van der Waals surface area contributed by atoms with Gasteiger partial charge in [0.1, 0.15) is 0 Å². The van der Waals surface area contributed by atoms with Crippen molar-refractivity contribution in [3.63, 3.8) is 0 Å². The summed E-state index contributed by atoms with van der Waals surface area (Å²) in [6.45, 7) is 7.80. The summed E-state index contributed by atoms with van der Waals surface area (Å²) in [7, 11) is 0. The van der Waals surface area contributed by atoms with Crippen molar-refractivity contribution in [2.45, 2.75) is 58.0 Å². The number of aromatic nitrogens is 1. The van der Waals surface area contributed by atoms with Crippen LogP contribution in [0.15, 0.2) is 34.8 Å². The number of aromatic amines is 1. The van der Waals surface area contributed by atoms with Gasteiger partial charge in [-0.25, -0.2) is 0 Å². The third-order valence-corrected chi connectivity index (χ3v) is 7.10. The summed E-state index contributed by atoms with van der Waals surface area (Å²) in [6, 6.07) is 11.5. The highest BCUT2D eigenvalue weighted by Crippen LogP contribution is 2.36. The first-order valence-electron chi connectivity index (χ1n) is 9.04. The molecule has 0 spiro atoms. The zero-order valence-electron chi connectivity index (χ0n) is 15.1. The Kier molecular flexibility index (Phi) is 4.55. The van der Waals surface area contributed by atoms with Crippen LogP contribution in [0.5, 0.6) is 0 Å². The van der Waals surface area contributed by atoms with Crippen LogP contribution in [0.1, 0.15) is 60.7 Å². The minimum absolute atomic E-state index is 0.242. The van der Waals surface area contributed by atoms with E-state index in [0.717, 1.165) is 11.0 Å². The Morgan fingerprint density at radius 3 is 2.84 bits per heavy atom. The zero-order valence-corrected chi connectivity index (χ0v) is 17.5. The second-order valence-corrected chi connectivity index (χ2v) is 10.1. The Bertz CT molecular complexity index is 900. The van der Waals surface area contributed by atoms with Crippen LogP contribution in [0.2, 0.25) is 0 Å². The van der Waals surface area contributed by atoms with E-state index in [1.165, 1.54) is 51.2 Å². The summed E-state index contributed by atoms with van der Waals surface area (Å²) in [5.74, 6) is 0. The molecule has 25 heavy (non-hydrogen) atoms. The molecule has 0 bridgehead atoms. The fourth-order valence-electron chi connectivity index (χ4n) is 3.74. The fraction of sp³-hybridized carbons (Fsp3) is 0.429. The molecular weight excluding hydrogens is 392 g/mol. The van der Waals surface area contributed by atoms with Gasteiger partial charge in [-0.15, -0.1) is 11.3 Å². The van der Waals surface area contributed by atoms with Crippen molar-refractivity contribution >= 4 is 38.2 Å². The molecule has 3 aromatic rings. The summed E-state index contributed by atoms with van der Waals surface area (Å²) < 4.78 is 1.16. The molecule has 0 fully saturated rings. The van der Waals surface area contributed by atoms with Crippen molar-refractivity contribution in [2.24, 2.45) is 0 Å². The first-order chi connectivity index (χ1) is 11.9. The van der Waals surface area contributed by atoms with Crippen LogP contribution in [0, 0.1) is 0 Å². The van der Waals surface area contributed by atoms with Gasteiger partial charge in [0.25, 0.3) is 0 Å². The molecular formula is C21H25BrN2S. The van der Waals surface area contributed by atoms with Crippen molar-refractivity contribution in [2.75, 3.05) is 0 Å². The van der Waals surface area contributed by atoms with Gasteiger partial charge < -0.3 is 10.3 Å². The van der Waals surface area contributed by atoms with Gasteiger partial charge in [0, 0.05) is 43.4 Å². The summed E-state index contributed by atoms with van der Waals surface area (Å²) in [5.41, 5.74) is 4.40. The Morgan fingerprint density at radius 1 is 1.24 bits per heavy atom. The number of halogens is 1. The van der Waals surface area contributed by atoms with Crippen LogP contribution in [0.3, 0.4) is 0 Å². The minimum Gasteiger partial charge on any atom is -0.357 e. The van der Waals surface area contributed by atoms with Crippen molar-refractivity contribution in [3.8, 4) is 0 Å². The number of H-pyrrole nitrogens is 1. The number of rotatable bonds is 3. The smallest absolute Gasteiger partial charge is 0.0479 e. The second-order valence-electron chi connectivity index (χ2n) is 8.05. The van der Waals surface area contributed by atoms with Crippen LogP contribution >= 0.6 is 27.3 Å². The van der Waals surface area contributed by atoms with E-state index in [9.17, 15) is 0 Å². The number of fused-ring (bicyclic) bond motifs is 3. The molecule has 0 saturated carbocycles. The number of aryl methyl sites for hydroxylation is 1. The maximum Gasteiger partial charge on any atom is 0.0479 e. The first kappa shape index (κ1) is 17.3. The van der Waals surface area contributed by atoms with E-state index in [0.29, 0.717) is 6.04 Å². The standard InChI is InChI=1S/C21H25BrN2S/c1-21(2,3)19-10-8-14(25-19)12-23-18-6-4-5-15-16-11-13(22)7-9-17(16)24-20(15)18/h7-11,18,23-24H,4-6,12H2,1-3H3/t18-/m1/s1. The number of thiophene rings is 1. The van der Waals surface area contributed by atoms with E-state index in [2.05, 4.69) is 77.3 Å². The molecule has 0 saturated heterocycles. The molecule has 1 aliphatic rings.